The normalized spacial score (nSPS) is 12.6. The predicted molar refractivity (Wildman–Crippen MR) is 112 cm³/mol. The number of benzene rings is 3. The molecule has 0 N–H and O–H groups in total. The highest BCUT2D eigenvalue weighted by Crippen LogP contribution is 2.29. The first-order valence-corrected chi connectivity index (χ1v) is 9.46. The van der Waals surface area contributed by atoms with Crippen molar-refractivity contribution in [3.05, 3.63) is 94.6 Å². The van der Waals surface area contributed by atoms with Crippen LogP contribution in [-0.4, -0.2) is 16.7 Å². The average molecular weight is 395 g/mol. The number of nitro benzene ring substituents is 1. The predicted octanol–water partition coefficient (Wildman–Crippen LogP) is 3.99. The Balaban J connectivity index is 1.58. The molecule has 30 heavy (non-hydrogen) atoms. The maximum atomic E-state index is 15.6. The Morgan fingerprint density at radius 2 is 1.77 bits per heavy atom. The van der Waals surface area contributed by atoms with Gasteiger partial charge in [0.1, 0.15) is 0 Å². The number of nitro groups is 1. The van der Waals surface area contributed by atoms with Crippen LogP contribution in [0.3, 0.4) is 0 Å². The van der Waals surface area contributed by atoms with Crippen LogP contribution >= 0.6 is 0 Å². The Labute approximate surface area is 169 Å². The topological polar surface area (TPSA) is 64.3 Å². The van der Waals surface area contributed by atoms with E-state index >= 15 is 4.32 Å². The summed E-state index contributed by atoms with van der Waals surface area (Å²) >= 11 is 0. The fourth-order valence-electron chi connectivity index (χ4n) is 4.24. The van der Waals surface area contributed by atoms with Crippen LogP contribution in [0.2, 0.25) is 0 Å². The van der Waals surface area contributed by atoms with Gasteiger partial charge in [-0.15, -0.1) is 0 Å². The molecular formula is C22H13BFN4O2+. The van der Waals surface area contributed by atoms with Crippen LogP contribution < -0.4 is 9.97 Å². The summed E-state index contributed by atoms with van der Waals surface area (Å²) in [5.74, 6) is 0.495. The van der Waals surface area contributed by atoms with Crippen LogP contribution in [-0.2, 0) is 0 Å². The van der Waals surface area contributed by atoms with E-state index in [4.69, 9.17) is 4.99 Å². The number of aromatic nitrogens is 2. The van der Waals surface area contributed by atoms with E-state index in [9.17, 15) is 10.1 Å². The third-order valence-corrected chi connectivity index (χ3v) is 5.65. The number of fused-ring (bicyclic) bond motifs is 4. The summed E-state index contributed by atoms with van der Waals surface area (Å²) < 4.78 is 18.7. The lowest BCUT2D eigenvalue weighted by Crippen LogP contribution is -2.58. The molecular weight excluding hydrogens is 382 g/mol. The molecule has 0 radical (unpaired) electrons. The van der Waals surface area contributed by atoms with Gasteiger partial charge in [-0.2, -0.15) is 0 Å². The second-order valence-electron chi connectivity index (χ2n) is 7.28. The first kappa shape index (κ1) is 16.9. The van der Waals surface area contributed by atoms with E-state index in [1.165, 1.54) is 16.6 Å². The summed E-state index contributed by atoms with van der Waals surface area (Å²) in [4.78, 5) is 15.2. The Bertz CT molecular complexity index is 1540. The van der Waals surface area contributed by atoms with Crippen molar-refractivity contribution < 1.29 is 13.7 Å². The fourth-order valence-corrected chi connectivity index (χ4v) is 4.24. The Morgan fingerprint density at radius 1 is 1.00 bits per heavy atom. The maximum absolute atomic E-state index is 15.6. The molecule has 0 bridgehead atoms. The van der Waals surface area contributed by atoms with Crippen molar-refractivity contribution in [3.63, 3.8) is 0 Å². The molecule has 1 aliphatic rings. The highest BCUT2D eigenvalue weighted by atomic mass is 19.1. The van der Waals surface area contributed by atoms with Crippen molar-refractivity contribution in [3.8, 4) is 11.1 Å². The second-order valence-corrected chi connectivity index (χ2v) is 7.28. The van der Waals surface area contributed by atoms with Gasteiger partial charge in [0.05, 0.1) is 16.5 Å². The van der Waals surface area contributed by atoms with Gasteiger partial charge in [-0.3, -0.25) is 18.9 Å². The van der Waals surface area contributed by atoms with Crippen molar-refractivity contribution in [2.45, 2.75) is 0 Å². The standard InChI is InChI=1S/C22H13BFN4O2/c24-23-26-12-11-16(14-7-9-17(10-8-14)28(29)30)13-20(26)25-22-18-5-1-3-15-4-2-6-19(21(15)18)27(22)23/h1-13H/q+1. The van der Waals surface area contributed by atoms with Crippen LogP contribution in [0.1, 0.15) is 0 Å². The first-order chi connectivity index (χ1) is 14.6. The summed E-state index contributed by atoms with van der Waals surface area (Å²) in [5, 5.41) is 13.9. The summed E-state index contributed by atoms with van der Waals surface area (Å²) in [6.45, 7) is 0. The van der Waals surface area contributed by atoms with Crippen molar-refractivity contribution in [2.75, 3.05) is 0 Å². The van der Waals surface area contributed by atoms with E-state index in [2.05, 4.69) is 0 Å². The van der Waals surface area contributed by atoms with Crippen LogP contribution in [0.25, 0.3) is 32.8 Å². The molecule has 6 nitrogen and oxygen atoms in total. The number of nitrogens with zero attached hydrogens (tertiary/aromatic N) is 4. The van der Waals surface area contributed by atoms with Crippen LogP contribution in [0.15, 0.2) is 84.0 Å². The third kappa shape index (κ3) is 2.24. The van der Waals surface area contributed by atoms with Crippen molar-refractivity contribution in [2.24, 2.45) is 4.99 Å². The molecule has 3 aromatic carbocycles. The molecule has 3 heterocycles. The van der Waals surface area contributed by atoms with Crippen molar-refractivity contribution in [1.82, 2.24) is 4.48 Å². The average Bonchev–Trinajstić information content (AvgIpc) is 3.09. The van der Waals surface area contributed by atoms with Gasteiger partial charge in [0.15, 0.2) is 0 Å². The van der Waals surface area contributed by atoms with E-state index in [1.807, 2.05) is 36.4 Å². The molecule has 0 fully saturated rings. The SMILES string of the molecule is O=[N+]([O-])c1ccc(-c2cc[n+]3c(c2)N=c2c4cccc5cccc(c54)n2B3F)cc1. The van der Waals surface area contributed by atoms with Gasteiger partial charge in [0, 0.05) is 29.1 Å². The lowest BCUT2D eigenvalue weighted by atomic mass is 10.00. The molecule has 0 atom stereocenters. The summed E-state index contributed by atoms with van der Waals surface area (Å²) in [5.41, 5.74) is 3.05. The lowest BCUT2D eigenvalue weighted by Gasteiger charge is -2.11. The fraction of sp³-hybridized carbons (Fsp3) is 0. The summed E-state index contributed by atoms with van der Waals surface area (Å²) in [7, 11) is -1.42. The zero-order chi connectivity index (χ0) is 20.4. The lowest BCUT2D eigenvalue weighted by molar-refractivity contribution is -0.536. The smallest absolute Gasteiger partial charge is 0.274 e. The number of non-ortho nitro benzene ring substituents is 1. The Hall–Kier alpha value is -4.07. The van der Waals surface area contributed by atoms with Crippen LogP contribution in [0.4, 0.5) is 15.8 Å². The highest BCUT2D eigenvalue weighted by Gasteiger charge is 2.39. The number of pyridine rings is 1. The molecule has 0 amide bonds. The van der Waals surface area contributed by atoms with Gasteiger partial charge < -0.3 is 0 Å². The number of rotatable bonds is 2. The molecule has 5 aromatic rings. The molecule has 0 saturated heterocycles. The van der Waals surface area contributed by atoms with Crippen molar-refractivity contribution >= 4 is 40.4 Å². The zero-order valence-electron chi connectivity index (χ0n) is 15.6. The largest absolute Gasteiger partial charge is 0.727 e. The number of hydrogen-bond donors (Lipinski definition) is 0. The van der Waals surface area contributed by atoms with Crippen molar-refractivity contribution in [1.29, 1.82) is 0 Å². The highest BCUT2D eigenvalue weighted by molar-refractivity contribution is 6.42. The van der Waals surface area contributed by atoms with Gasteiger partial charge in [0.25, 0.3) is 5.69 Å². The molecule has 0 spiro atoms. The summed E-state index contributed by atoms with van der Waals surface area (Å²) in [6.07, 6.45) is 1.67. The van der Waals surface area contributed by atoms with E-state index in [0.717, 1.165) is 32.8 Å². The van der Waals surface area contributed by atoms with Gasteiger partial charge >= 0.3 is 13.1 Å². The Morgan fingerprint density at radius 3 is 2.53 bits per heavy atom. The van der Waals surface area contributed by atoms with E-state index < -0.39 is 12.2 Å². The molecule has 0 aliphatic carbocycles. The van der Waals surface area contributed by atoms with E-state index in [1.54, 1.807) is 34.9 Å². The minimum atomic E-state index is -1.42. The van der Waals surface area contributed by atoms with E-state index in [0.29, 0.717) is 11.3 Å². The van der Waals surface area contributed by atoms with Gasteiger partial charge in [0.2, 0.25) is 5.49 Å². The molecule has 1 aliphatic heterocycles. The quantitative estimate of drug-likeness (QED) is 0.258. The summed E-state index contributed by atoms with van der Waals surface area (Å²) in [6, 6.07) is 21.7. The second kappa shape index (κ2) is 5.97. The van der Waals surface area contributed by atoms with E-state index in [-0.39, 0.29) is 5.69 Å². The first-order valence-electron chi connectivity index (χ1n) is 9.46. The minimum absolute atomic E-state index is 0.0302. The van der Waals surface area contributed by atoms with Crippen LogP contribution in [0.5, 0.6) is 0 Å². The third-order valence-electron chi connectivity index (χ3n) is 5.65. The number of halogens is 1. The van der Waals surface area contributed by atoms with Gasteiger partial charge in [-0.25, -0.2) is 4.48 Å². The number of hydrogen-bond acceptors (Lipinski definition) is 3. The monoisotopic (exact) mass is 395 g/mol. The van der Waals surface area contributed by atoms with Gasteiger partial charge in [-0.05, 0) is 51.8 Å². The molecule has 6 rings (SSSR count). The maximum Gasteiger partial charge on any atom is 0.727 e. The Kier molecular flexibility index (Phi) is 3.35. The minimum Gasteiger partial charge on any atom is -0.274 e. The molecule has 2 aromatic heterocycles. The molecule has 142 valence electrons. The molecule has 8 heteroatoms. The van der Waals surface area contributed by atoms with Gasteiger partial charge in [-0.1, -0.05) is 24.3 Å². The van der Waals surface area contributed by atoms with Crippen LogP contribution in [0, 0.1) is 10.1 Å². The molecule has 0 unspecified atom stereocenters. The molecule has 0 saturated carbocycles. The zero-order valence-corrected chi connectivity index (χ0v) is 15.6.